The van der Waals surface area contributed by atoms with E-state index in [2.05, 4.69) is 5.32 Å². The van der Waals surface area contributed by atoms with Gasteiger partial charge in [-0.3, -0.25) is 13.9 Å². The number of likely N-dealkylation sites (N-methyl/N-ethyl adjacent to an activating group) is 1. The molecule has 0 heterocycles. The Morgan fingerprint density at radius 1 is 0.892 bits per heavy atom. The zero-order chi connectivity index (χ0) is 27.0. The molecule has 0 saturated heterocycles. The molecular weight excluding hydrogens is 493 g/mol. The summed E-state index contributed by atoms with van der Waals surface area (Å²) in [5, 5.41) is 2.70. The molecule has 37 heavy (non-hydrogen) atoms. The number of aryl methyl sites for hydroxylation is 1. The fourth-order valence-electron chi connectivity index (χ4n) is 3.84. The van der Waals surface area contributed by atoms with Gasteiger partial charge in [-0.15, -0.1) is 0 Å². The average Bonchev–Trinajstić information content (AvgIpc) is 2.91. The molecule has 3 aromatic carbocycles. The van der Waals surface area contributed by atoms with Gasteiger partial charge in [-0.2, -0.15) is 0 Å². The lowest BCUT2D eigenvalue weighted by molar-refractivity contribution is -0.139. The summed E-state index contributed by atoms with van der Waals surface area (Å²) in [5.41, 5.74) is 1.97. The highest BCUT2D eigenvalue weighted by molar-refractivity contribution is 7.92. The maximum Gasteiger partial charge on any atom is 0.264 e. The van der Waals surface area contributed by atoms with Gasteiger partial charge in [-0.1, -0.05) is 49.4 Å². The highest BCUT2D eigenvalue weighted by atomic mass is 32.2. The van der Waals surface area contributed by atoms with Crippen molar-refractivity contribution in [1.29, 1.82) is 0 Å². The maximum absolute atomic E-state index is 13.7. The summed E-state index contributed by atoms with van der Waals surface area (Å²) in [5.74, 6) is -1.36. The number of amides is 2. The molecule has 0 aliphatic rings. The van der Waals surface area contributed by atoms with Gasteiger partial charge in [0.2, 0.25) is 11.8 Å². The third-order valence-electron chi connectivity index (χ3n) is 6.03. The van der Waals surface area contributed by atoms with Crippen LogP contribution in [-0.2, 0) is 32.6 Å². The summed E-state index contributed by atoms with van der Waals surface area (Å²) in [7, 11) is -4.10. The fourth-order valence-corrected chi connectivity index (χ4v) is 5.27. The summed E-state index contributed by atoms with van der Waals surface area (Å²) in [6.07, 6.45) is 0.778. The van der Waals surface area contributed by atoms with E-state index in [-0.39, 0.29) is 17.3 Å². The van der Waals surface area contributed by atoms with Crippen molar-refractivity contribution in [2.24, 2.45) is 0 Å². The van der Waals surface area contributed by atoms with E-state index in [4.69, 9.17) is 0 Å². The van der Waals surface area contributed by atoms with Gasteiger partial charge in [0.15, 0.2) is 0 Å². The van der Waals surface area contributed by atoms with Crippen LogP contribution < -0.4 is 9.62 Å². The van der Waals surface area contributed by atoms with E-state index in [1.54, 1.807) is 44.2 Å². The van der Waals surface area contributed by atoms with Crippen molar-refractivity contribution in [3.63, 3.8) is 0 Å². The predicted molar refractivity (Wildman–Crippen MR) is 142 cm³/mol. The molecule has 0 aliphatic heterocycles. The quantitative estimate of drug-likeness (QED) is 0.408. The minimum atomic E-state index is -4.10. The van der Waals surface area contributed by atoms with Crippen LogP contribution in [0.15, 0.2) is 83.8 Å². The van der Waals surface area contributed by atoms with E-state index in [9.17, 15) is 22.4 Å². The van der Waals surface area contributed by atoms with Gasteiger partial charge in [-0.25, -0.2) is 12.8 Å². The second-order valence-electron chi connectivity index (χ2n) is 8.56. The molecule has 9 heteroatoms. The lowest BCUT2D eigenvalue weighted by Crippen LogP contribution is -2.51. The number of nitrogens with one attached hydrogen (secondary N) is 1. The molecule has 0 saturated carbocycles. The Kier molecular flexibility index (Phi) is 9.41. The van der Waals surface area contributed by atoms with Crippen molar-refractivity contribution < 1.29 is 22.4 Å². The molecule has 1 N–H and O–H groups in total. The van der Waals surface area contributed by atoms with Crippen LogP contribution in [-0.4, -0.2) is 44.3 Å². The first-order valence-corrected chi connectivity index (χ1v) is 13.6. The number of nitrogens with zero attached hydrogens (tertiary/aromatic N) is 2. The standard InChI is InChI=1S/C28H32FN3O4S/c1-4-22-13-17-25(18-14-22)32(37(35,36)26-9-7-6-8-10-26)20-27(33)31(21(3)28(34)30-5-2)19-23-11-15-24(29)16-12-23/h6-18,21H,4-5,19-20H2,1-3H3,(H,30,34)/t21-/m1/s1. The number of hydrogen-bond donors (Lipinski definition) is 1. The van der Waals surface area contributed by atoms with Gasteiger partial charge in [0.1, 0.15) is 18.4 Å². The normalized spacial score (nSPS) is 12.0. The minimum Gasteiger partial charge on any atom is -0.355 e. The number of carbonyl (C=O) groups excluding carboxylic acids is 2. The first kappa shape index (κ1) is 27.9. The van der Waals surface area contributed by atoms with Crippen LogP contribution in [0.4, 0.5) is 10.1 Å². The lowest BCUT2D eigenvalue weighted by Gasteiger charge is -2.32. The zero-order valence-corrected chi connectivity index (χ0v) is 22.0. The number of halogens is 1. The number of anilines is 1. The first-order chi connectivity index (χ1) is 17.7. The second kappa shape index (κ2) is 12.5. The van der Waals surface area contributed by atoms with E-state index in [0.717, 1.165) is 16.3 Å². The van der Waals surface area contributed by atoms with Gasteiger partial charge in [0.25, 0.3) is 10.0 Å². The van der Waals surface area contributed by atoms with Crippen LogP contribution in [0.25, 0.3) is 0 Å². The van der Waals surface area contributed by atoms with Gasteiger partial charge >= 0.3 is 0 Å². The van der Waals surface area contributed by atoms with Crippen LogP contribution in [0.1, 0.15) is 31.9 Å². The van der Waals surface area contributed by atoms with Gasteiger partial charge in [0, 0.05) is 13.1 Å². The number of hydrogen-bond acceptors (Lipinski definition) is 4. The summed E-state index contributed by atoms with van der Waals surface area (Å²) >= 11 is 0. The number of carbonyl (C=O) groups is 2. The van der Waals surface area contributed by atoms with Crippen LogP contribution in [0.5, 0.6) is 0 Å². The molecule has 0 unspecified atom stereocenters. The molecule has 3 rings (SSSR count). The highest BCUT2D eigenvalue weighted by Crippen LogP contribution is 2.25. The molecule has 2 amide bonds. The Balaban J connectivity index is 2.01. The molecule has 196 valence electrons. The topological polar surface area (TPSA) is 86.8 Å². The SMILES string of the molecule is CCNC(=O)[C@@H](C)N(Cc1ccc(F)cc1)C(=O)CN(c1ccc(CC)cc1)S(=O)(=O)c1ccccc1. The largest absolute Gasteiger partial charge is 0.355 e. The molecule has 0 bridgehead atoms. The van der Waals surface area contributed by atoms with Crippen LogP contribution in [0.2, 0.25) is 0 Å². The average molecular weight is 526 g/mol. The second-order valence-corrected chi connectivity index (χ2v) is 10.4. The number of benzene rings is 3. The molecule has 0 spiro atoms. The summed E-state index contributed by atoms with van der Waals surface area (Å²) in [6, 6.07) is 19.6. The smallest absolute Gasteiger partial charge is 0.264 e. The van der Waals surface area contributed by atoms with E-state index in [1.807, 2.05) is 19.1 Å². The van der Waals surface area contributed by atoms with Crippen LogP contribution in [0, 0.1) is 5.82 Å². The summed E-state index contributed by atoms with van der Waals surface area (Å²) < 4.78 is 41.9. The highest BCUT2D eigenvalue weighted by Gasteiger charge is 2.32. The van der Waals surface area contributed by atoms with Crippen molar-refractivity contribution >= 4 is 27.5 Å². The Morgan fingerprint density at radius 2 is 1.49 bits per heavy atom. The lowest BCUT2D eigenvalue weighted by atomic mass is 10.1. The summed E-state index contributed by atoms with van der Waals surface area (Å²) in [4.78, 5) is 27.8. The van der Waals surface area contributed by atoms with Gasteiger partial charge < -0.3 is 10.2 Å². The molecule has 1 atom stereocenters. The third-order valence-corrected chi connectivity index (χ3v) is 7.82. The first-order valence-electron chi connectivity index (χ1n) is 12.2. The Bertz CT molecular complexity index is 1300. The minimum absolute atomic E-state index is 0.00537. The maximum atomic E-state index is 13.7. The third kappa shape index (κ3) is 6.95. The summed E-state index contributed by atoms with van der Waals surface area (Å²) in [6.45, 7) is 5.20. The number of rotatable bonds is 11. The van der Waals surface area contributed by atoms with E-state index in [1.165, 1.54) is 41.3 Å². The number of sulfonamides is 1. The van der Waals surface area contributed by atoms with E-state index in [0.29, 0.717) is 17.8 Å². The van der Waals surface area contributed by atoms with Crippen molar-refractivity contribution in [3.05, 3.63) is 95.8 Å². The van der Waals surface area contributed by atoms with E-state index >= 15 is 0 Å². The van der Waals surface area contributed by atoms with Crippen molar-refractivity contribution in [3.8, 4) is 0 Å². The van der Waals surface area contributed by atoms with Crippen LogP contribution >= 0.6 is 0 Å². The molecule has 0 aromatic heterocycles. The Labute approximate surface area is 218 Å². The molecule has 3 aromatic rings. The molecular formula is C28H32FN3O4S. The van der Waals surface area contributed by atoms with E-state index < -0.39 is 34.3 Å². The zero-order valence-electron chi connectivity index (χ0n) is 21.2. The fraction of sp³-hybridized carbons (Fsp3) is 0.286. The molecule has 0 radical (unpaired) electrons. The van der Waals surface area contributed by atoms with Crippen molar-refractivity contribution in [1.82, 2.24) is 10.2 Å². The Hall–Kier alpha value is -3.72. The molecule has 0 fully saturated rings. The van der Waals surface area contributed by atoms with Crippen molar-refractivity contribution in [2.45, 2.75) is 44.7 Å². The van der Waals surface area contributed by atoms with Crippen molar-refractivity contribution in [2.75, 3.05) is 17.4 Å². The molecule has 0 aliphatic carbocycles. The monoisotopic (exact) mass is 525 g/mol. The van der Waals surface area contributed by atoms with Gasteiger partial charge in [0.05, 0.1) is 10.6 Å². The van der Waals surface area contributed by atoms with Crippen LogP contribution in [0.3, 0.4) is 0 Å². The molecule has 7 nitrogen and oxygen atoms in total. The van der Waals surface area contributed by atoms with Gasteiger partial charge in [-0.05, 0) is 67.8 Å². The Morgan fingerprint density at radius 3 is 2.05 bits per heavy atom. The predicted octanol–water partition coefficient (Wildman–Crippen LogP) is 4.14.